The monoisotopic (exact) mass is 492 g/mol. The number of rotatable bonds is 1. The third kappa shape index (κ3) is 2.89. The van der Waals surface area contributed by atoms with E-state index in [0.29, 0.717) is 0 Å². The Morgan fingerprint density at radius 1 is 0.333 bits per heavy atom. The molecule has 1 aliphatic rings. The lowest BCUT2D eigenvalue weighted by Crippen LogP contribution is -1.87. The SMILES string of the molecule is c1ccc2c(c1)c1c(c3ccccc32)-c2cc(-c3ccc4c5ccccc5c5ccccc5c4c3)ccc2C1. The highest BCUT2D eigenvalue weighted by molar-refractivity contribution is 6.26. The van der Waals surface area contributed by atoms with Gasteiger partial charge in [-0.2, -0.15) is 0 Å². The zero-order valence-electron chi connectivity index (χ0n) is 21.4. The predicted molar refractivity (Wildman–Crippen MR) is 168 cm³/mol. The molecule has 0 spiro atoms. The summed E-state index contributed by atoms with van der Waals surface area (Å²) in [6.45, 7) is 0. The largest absolute Gasteiger partial charge is 0.0616 e. The molecule has 39 heavy (non-hydrogen) atoms. The Kier molecular flexibility index (Phi) is 4.20. The summed E-state index contributed by atoms with van der Waals surface area (Å²) >= 11 is 0. The Morgan fingerprint density at radius 3 is 1.41 bits per heavy atom. The molecule has 8 aromatic carbocycles. The summed E-state index contributed by atoms with van der Waals surface area (Å²) in [5.74, 6) is 0. The van der Waals surface area contributed by atoms with Crippen molar-refractivity contribution in [1.82, 2.24) is 0 Å². The van der Waals surface area contributed by atoms with Crippen molar-refractivity contribution in [2.24, 2.45) is 0 Å². The highest BCUT2D eigenvalue weighted by Gasteiger charge is 2.24. The highest BCUT2D eigenvalue weighted by atomic mass is 14.3. The van der Waals surface area contributed by atoms with Crippen LogP contribution in [0.2, 0.25) is 0 Å². The second kappa shape index (κ2) is 7.79. The highest BCUT2D eigenvalue weighted by Crippen LogP contribution is 2.47. The maximum Gasteiger partial charge on any atom is -0.000705 e. The molecule has 0 aliphatic heterocycles. The molecular formula is C39H24. The van der Waals surface area contributed by atoms with E-state index in [9.17, 15) is 0 Å². The van der Waals surface area contributed by atoms with E-state index < -0.39 is 0 Å². The predicted octanol–water partition coefficient (Wildman–Crippen LogP) is 10.7. The summed E-state index contributed by atoms with van der Waals surface area (Å²) < 4.78 is 0. The first-order chi connectivity index (χ1) is 19.3. The van der Waals surface area contributed by atoms with Crippen molar-refractivity contribution in [3.8, 4) is 22.3 Å². The molecule has 180 valence electrons. The van der Waals surface area contributed by atoms with Crippen LogP contribution in [0.4, 0.5) is 0 Å². The number of hydrogen-bond donors (Lipinski definition) is 0. The fourth-order valence-electron chi connectivity index (χ4n) is 7.13. The van der Waals surface area contributed by atoms with E-state index in [-0.39, 0.29) is 0 Å². The van der Waals surface area contributed by atoms with Gasteiger partial charge in [-0.1, -0.05) is 121 Å². The van der Waals surface area contributed by atoms with Crippen LogP contribution < -0.4 is 0 Å². The average molecular weight is 493 g/mol. The van der Waals surface area contributed by atoms with E-state index in [1.165, 1.54) is 87.2 Å². The molecule has 0 atom stereocenters. The van der Waals surface area contributed by atoms with Crippen LogP contribution in [0.1, 0.15) is 11.1 Å². The number of benzene rings is 8. The molecule has 0 fully saturated rings. The minimum atomic E-state index is 0.991. The van der Waals surface area contributed by atoms with Crippen LogP contribution in [0.15, 0.2) is 133 Å². The molecule has 0 heterocycles. The Hall–Kier alpha value is -4.94. The van der Waals surface area contributed by atoms with Crippen LogP contribution in [0.5, 0.6) is 0 Å². The third-order valence-electron chi connectivity index (χ3n) is 8.86. The summed E-state index contributed by atoms with van der Waals surface area (Å²) in [6.07, 6.45) is 0.991. The van der Waals surface area contributed by atoms with Crippen molar-refractivity contribution in [2.75, 3.05) is 0 Å². The molecule has 1 aliphatic carbocycles. The van der Waals surface area contributed by atoms with Crippen molar-refractivity contribution in [1.29, 1.82) is 0 Å². The van der Waals surface area contributed by atoms with Gasteiger partial charge >= 0.3 is 0 Å². The van der Waals surface area contributed by atoms with Crippen LogP contribution in [-0.2, 0) is 6.42 Å². The van der Waals surface area contributed by atoms with Crippen LogP contribution >= 0.6 is 0 Å². The van der Waals surface area contributed by atoms with Gasteiger partial charge in [-0.3, -0.25) is 0 Å². The lowest BCUT2D eigenvalue weighted by Gasteiger charge is -2.14. The molecule has 0 saturated carbocycles. The van der Waals surface area contributed by atoms with Crippen LogP contribution in [-0.4, -0.2) is 0 Å². The molecule has 0 N–H and O–H groups in total. The molecule has 0 aromatic heterocycles. The second-order valence-corrected chi connectivity index (χ2v) is 10.8. The molecule has 8 aromatic rings. The summed E-state index contributed by atoms with van der Waals surface area (Å²) in [4.78, 5) is 0. The van der Waals surface area contributed by atoms with E-state index in [1.807, 2.05) is 0 Å². The Balaban J connectivity index is 1.31. The first-order valence-electron chi connectivity index (χ1n) is 13.7. The summed E-state index contributed by atoms with van der Waals surface area (Å²) in [5, 5.41) is 13.3. The van der Waals surface area contributed by atoms with Gasteiger partial charge in [0.1, 0.15) is 0 Å². The fraction of sp³-hybridized carbons (Fsp3) is 0.0256. The molecule has 0 saturated heterocycles. The van der Waals surface area contributed by atoms with Gasteiger partial charge in [0.25, 0.3) is 0 Å². The summed E-state index contributed by atoms with van der Waals surface area (Å²) in [7, 11) is 0. The van der Waals surface area contributed by atoms with E-state index in [2.05, 4.69) is 133 Å². The van der Waals surface area contributed by atoms with Gasteiger partial charge in [0.05, 0.1) is 0 Å². The average Bonchev–Trinajstić information content (AvgIpc) is 3.40. The van der Waals surface area contributed by atoms with Gasteiger partial charge in [-0.15, -0.1) is 0 Å². The molecule has 0 nitrogen and oxygen atoms in total. The third-order valence-corrected chi connectivity index (χ3v) is 8.86. The van der Waals surface area contributed by atoms with Gasteiger partial charge < -0.3 is 0 Å². The van der Waals surface area contributed by atoms with Gasteiger partial charge in [0.15, 0.2) is 0 Å². The Morgan fingerprint density at radius 2 is 0.769 bits per heavy atom. The maximum atomic E-state index is 2.44. The lowest BCUT2D eigenvalue weighted by atomic mass is 9.90. The minimum absolute atomic E-state index is 0.991. The first kappa shape index (κ1) is 21.0. The van der Waals surface area contributed by atoms with Gasteiger partial charge in [0, 0.05) is 0 Å². The van der Waals surface area contributed by atoms with Crippen LogP contribution in [0.25, 0.3) is 76.1 Å². The molecule has 0 amide bonds. The summed E-state index contributed by atoms with van der Waals surface area (Å²) in [5.41, 5.74) is 8.23. The topological polar surface area (TPSA) is 0 Å². The van der Waals surface area contributed by atoms with Crippen molar-refractivity contribution in [2.45, 2.75) is 6.42 Å². The standard InChI is InChI=1S/C39H24/c1-2-11-29-27(9-1)28-10-3-5-14-32(28)37-22-25(19-20-34(29)37)24-17-18-26-23-38-33-15-6-4-12-30(33)31-13-7-8-16-35(31)39(38)36(26)21-24/h1-22H,23H2. The summed E-state index contributed by atoms with van der Waals surface area (Å²) in [6, 6.07) is 49.6. The van der Waals surface area contributed by atoms with Crippen molar-refractivity contribution in [3.63, 3.8) is 0 Å². The zero-order chi connectivity index (χ0) is 25.5. The normalized spacial score (nSPS) is 12.5. The van der Waals surface area contributed by atoms with Gasteiger partial charge in [-0.25, -0.2) is 0 Å². The Labute approximate surface area is 226 Å². The molecule has 0 unspecified atom stereocenters. The molecular weight excluding hydrogens is 468 g/mol. The smallest absolute Gasteiger partial charge is 0.000705 e. The molecule has 0 radical (unpaired) electrons. The Bertz CT molecular complexity index is 2270. The lowest BCUT2D eigenvalue weighted by molar-refractivity contribution is 1.29. The molecule has 0 bridgehead atoms. The first-order valence-corrected chi connectivity index (χ1v) is 13.7. The molecule has 0 heteroatoms. The quantitative estimate of drug-likeness (QED) is 0.200. The van der Waals surface area contributed by atoms with Gasteiger partial charge in [-0.05, 0) is 106 Å². The zero-order valence-corrected chi connectivity index (χ0v) is 21.4. The van der Waals surface area contributed by atoms with E-state index in [4.69, 9.17) is 0 Å². The second-order valence-electron chi connectivity index (χ2n) is 10.8. The van der Waals surface area contributed by atoms with E-state index >= 15 is 0 Å². The number of fused-ring (bicyclic) bond motifs is 14. The molecule has 9 rings (SSSR count). The number of hydrogen-bond acceptors (Lipinski definition) is 0. The van der Waals surface area contributed by atoms with Crippen LogP contribution in [0.3, 0.4) is 0 Å². The van der Waals surface area contributed by atoms with Crippen LogP contribution in [0, 0.1) is 0 Å². The van der Waals surface area contributed by atoms with E-state index in [1.54, 1.807) is 0 Å². The maximum absolute atomic E-state index is 2.44. The van der Waals surface area contributed by atoms with Crippen molar-refractivity contribution < 1.29 is 0 Å². The van der Waals surface area contributed by atoms with E-state index in [0.717, 1.165) is 6.42 Å². The minimum Gasteiger partial charge on any atom is -0.0616 e. The van der Waals surface area contributed by atoms with Crippen molar-refractivity contribution in [3.05, 3.63) is 145 Å². The van der Waals surface area contributed by atoms with Crippen molar-refractivity contribution >= 4 is 53.9 Å². The fourth-order valence-corrected chi connectivity index (χ4v) is 7.13. The van der Waals surface area contributed by atoms with Gasteiger partial charge in [0.2, 0.25) is 0 Å².